The van der Waals surface area contributed by atoms with Crippen LogP contribution in [0.5, 0.6) is 0 Å². The Morgan fingerprint density at radius 3 is 2.45 bits per heavy atom. The highest BCUT2D eigenvalue weighted by molar-refractivity contribution is 5.50. The largest absolute Gasteiger partial charge is 0.316 e. The van der Waals surface area contributed by atoms with E-state index < -0.39 is 10.7 Å². The normalized spacial score (nSPS) is 22.4. The maximum atomic E-state index is 14.7. The van der Waals surface area contributed by atoms with Gasteiger partial charge in [0.15, 0.2) is 11.5 Å². The van der Waals surface area contributed by atoms with Crippen LogP contribution in [0.4, 0.5) is 15.8 Å². The highest BCUT2D eigenvalue weighted by Crippen LogP contribution is 2.37. The summed E-state index contributed by atoms with van der Waals surface area (Å²) in [5.74, 6) is -0.422. The lowest BCUT2D eigenvalue weighted by Gasteiger charge is -2.48. The Kier molecular flexibility index (Phi) is 4.40. The Morgan fingerprint density at radius 2 is 1.86 bits per heavy atom. The fourth-order valence-electron chi connectivity index (χ4n) is 4.15. The van der Waals surface area contributed by atoms with Crippen molar-refractivity contribution in [3.05, 3.63) is 34.1 Å². The van der Waals surface area contributed by atoms with Crippen molar-refractivity contribution in [2.24, 2.45) is 0 Å². The topological polar surface area (TPSA) is 55.2 Å². The van der Waals surface area contributed by atoms with Crippen LogP contribution in [-0.2, 0) is 0 Å². The van der Waals surface area contributed by atoms with Gasteiger partial charge < -0.3 is 5.32 Å². The van der Waals surface area contributed by atoms with E-state index in [1.165, 1.54) is 12.5 Å². The molecule has 2 aliphatic heterocycles. The van der Waals surface area contributed by atoms with Gasteiger partial charge in [0.25, 0.3) is 5.69 Å². The fourth-order valence-corrected chi connectivity index (χ4v) is 4.15. The van der Waals surface area contributed by atoms with Gasteiger partial charge in [-0.1, -0.05) is 0 Å². The number of benzene rings is 1. The van der Waals surface area contributed by atoms with E-state index in [1.807, 2.05) is 0 Å². The molecule has 0 unspecified atom stereocenters. The molecule has 1 aromatic rings. The van der Waals surface area contributed by atoms with Crippen LogP contribution >= 0.6 is 0 Å². The molecule has 2 fully saturated rings. The van der Waals surface area contributed by atoms with Gasteiger partial charge in [0.2, 0.25) is 0 Å². The highest BCUT2D eigenvalue weighted by atomic mass is 19.1. The third kappa shape index (κ3) is 2.73. The number of piperidine rings is 2. The average Bonchev–Trinajstić information content (AvgIpc) is 2.56. The molecule has 0 saturated carbocycles. The lowest BCUT2D eigenvalue weighted by molar-refractivity contribution is -0.385. The Bertz CT molecular complexity index is 552. The number of halogens is 1. The maximum Gasteiger partial charge on any atom is 0.272 e. The average molecular weight is 308 g/mol. The molecule has 0 radical (unpaired) electrons. The lowest BCUT2D eigenvalue weighted by Crippen LogP contribution is -2.62. The first-order chi connectivity index (χ1) is 10.6. The molecule has 0 spiro atoms. The number of nitro benzene ring substituents is 1. The van der Waals surface area contributed by atoms with Gasteiger partial charge in [-0.25, -0.2) is 4.39 Å². The number of hydrogen-bond donors (Lipinski definition) is 1. The summed E-state index contributed by atoms with van der Waals surface area (Å²) < 4.78 is 15.3. The standard InChI is InChI=1S/C16H23FN3O2/c17-15-12-13(19(21)22)4-5-16(15)20(10-2-1-3-11-20)14-6-8-18-9-7-14/h4-5,12,14,18H,1-3,6-11H2/q+1. The lowest BCUT2D eigenvalue weighted by atomic mass is 9.95. The summed E-state index contributed by atoms with van der Waals surface area (Å²) in [5.41, 5.74) is 0.485. The molecule has 0 aliphatic carbocycles. The zero-order valence-electron chi connectivity index (χ0n) is 12.8. The quantitative estimate of drug-likeness (QED) is 0.530. The minimum absolute atomic E-state index is 0.165. The van der Waals surface area contributed by atoms with E-state index in [9.17, 15) is 14.5 Å². The SMILES string of the molecule is O=[N+]([O-])c1ccc([N+]2(C3CCNCC3)CCCCC2)c(F)c1. The predicted octanol–water partition coefficient (Wildman–Crippen LogP) is 2.98. The van der Waals surface area contributed by atoms with E-state index in [1.54, 1.807) is 6.07 Å². The molecular weight excluding hydrogens is 285 g/mol. The van der Waals surface area contributed by atoms with Crippen molar-refractivity contribution in [1.29, 1.82) is 0 Å². The van der Waals surface area contributed by atoms with Crippen molar-refractivity contribution in [2.75, 3.05) is 26.2 Å². The van der Waals surface area contributed by atoms with Crippen LogP contribution < -0.4 is 9.80 Å². The first kappa shape index (κ1) is 15.4. The number of non-ortho nitro benzene ring substituents is 1. The molecular formula is C16H23FN3O2+. The minimum atomic E-state index is -0.530. The molecule has 2 aliphatic rings. The van der Waals surface area contributed by atoms with E-state index in [-0.39, 0.29) is 5.69 Å². The zero-order valence-corrected chi connectivity index (χ0v) is 12.8. The second kappa shape index (κ2) is 6.30. The molecule has 2 heterocycles. The number of nitrogens with zero attached hydrogens (tertiary/aromatic N) is 2. The first-order valence-corrected chi connectivity index (χ1v) is 8.15. The molecule has 0 atom stereocenters. The highest BCUT2D eigenvalue weighted by Gasteiger charge is 2.42. The van der Waals surface area contributed by atoms with Crippen LogP contribution in [0.2, 0.25) is 0 Å². The molecule has 120 valence electrons. The van der Waals surface area contributed by atoms with E-state index in [4.69, 9.17) is 0 Å². The second-order valence-corrected chi connectivity index (χ2v) is 6.42. The van der Waals surface area contributed by atoms with E-state index in [0.717, 1.165) is 57.9 Å². The summed E-state index contributed by atoms with van der Waals surface area (Å²) in [6, 6.07) is 4.61. The molecule has 2 saturated heterocycles. The number of quaternary nitrogens is 1. The Balaban J connectivity index is 2.00. The van der Waals surface area contributed by atoms with Crippen molar-refractivity contribution in [2.45, 2.75) is 38.1 Å². The summed E-state index contributed by atoms with van der Waals surface area (Å²) >= 11 is 0. The molecule has 0 aromatic heterocycles. The van der Waals surface area contributed by atoms with Crippen molar-refractivity contribution in [3.8, 4) is 0 Å². The van der Waals surface area contributed by atoms with Gasteiger partial charge in [0.1, 0.15) is 0 Å². The molecule has 5 nitrogen and oxygen atoms in total. The van der Waals surface area contributed by atoms with Crippen LogP contribution in [0.1, 0.15) is 32.1 Å². The zero-order chi connectivity index (χ0) is 15.6. The van der Waals surface area contributed by atoms with Crippen molar-refractivity contribution >= 4 is 11.4 Å². The van der Waals surface area contributed by atoms with Crippen LogP contribution in [0.15, 0.2) is 18.2 Å². The number of nitro groups is 1. The Morgan fingerprint density at radius 1 is 1.18 bits per heavy atom. The van der Waals surface area contributed by atoms with Gasteiger partial charge in [-0.05, 0) is 19.3 Å². The van der Waals surface area contributed by atoms with Crippen LogP contribution in [-0.4, -0.2) is 37.1 Å². The van der Waals surface area contributed by atoms with Gasteiger partial charge in [0.05, 0.1) is 30.1 Å². The monoisotopic (exact) mass is 308 g/mol. The number of likely N-dealkylation sites (tertiary alicyclic amines) is 1. The summed E-state index contributed by atoms with van der Waals surface area (Å²) in [5, 5.41) is 14.2. The molecule has 1 N–H and O–H groups in total. The Labute approximate surface area is 129 Å². The van der Waals surface area contributed by atoms with Gasteiger partial charge in [-0.3, -0.25) is 14.6 Å². The number of nitrogens with one attached hydrogen (secondary N) is 1. The summed E-state index contributed by atoms with van der Waals surface area (Å²) in [6.45, 7) is 3.83. The minimum Gasteiger partial charge on any atom is -0.316 e. The Hall–Kier alpha value is -1.53. The molecule has 6 heteroatoms. The maximum absolute atomic E-state index is 14.7. The van der Waals surface area contributed by atoms with Crippen LogP contribution in [0.3, 0.4) is 0 Å². The smallest absolute Gasteiger partial charge is 0.272 e. The molecule has 0 bridgehead atoms. The van der Waals surface area contributed by atoms with Gasteiger partial charge in [-0.15, -0.1) is 0 Å². The van der Waals surface area contributed by atoms with E-state index >= 15 is 0 Å². The first-order valence-electron chi connectivity index (χ1n) is 8.15. The van der Waals surface area contributed by atoms with Gasteiger partial charge >= 0.3 is 0 Å². The van der Waals surface area contributed by atoms with Gasteiger partial charge in [-0.2, -0.15) is 0 Å². The molecule has 3 rings (SSSR count). The van der Waals surface area contributed by atoms with Crippen molar-refractivity contribution in [1.82, 2.24) is 9.80 Å². The second-order valence-electron chi connectivity index (χ2n) is 6.42. The number of rotatable bonds is 3. The van der Waals surface area contributed by atoms with Crippen LogP contribution in [0.25, 0.3) is 0 Å². The number of hydrogen-bond acceptors (Lipinski definition) is 3. The predicted molar refractivity (Wildman–Crippen MR) is 84.3 cm³/mol. The van der Waals surface area contributed by atoms with Gasteiger partial charge in [0, 0.05) is 38.1 Å². The van der Waals surface area contributed by atoms with E-state index in [0.29, 0.717) is 16.2 Å². The third-order valence-electron chi connectivity index (χ3n) is 5.24. The molecule has 22 heavy (non-hydrogen) atoms. The summed E-state index contributed by atoms with van der Waals surface area (Å²) in [6.07, 6.45) is 5.47. The molecule has 0 amide bonds. The van der Waals surface area contributed by atoms with E-state index in [2.05, 4.69) is 5.32 Å². The van der Waals surface area contributed by atoms with Crippen molar-refractivity contribution < 1.29 is 9.31 Å². The third-order valence-corrected chi connectivity index (χ3v) is 5.24. The fraction of sp³-hybridized carbons (Fsp3) is 0.625. The molecule has 1 aromatic carbocycles. The summed E-state index contributed by atoms with van der Waals surface area (Å²) in [4.78, 5) is 10.3. The van der Waals surface area contributed by atoms with Crippen molar-refractivity contribution in [3.63, 3.8) is 0 Å². The summed E-state index contributed by atoms with van der Waals surface area (Å²) in [7, 11) is 0. The van der Waals surface area contributed by atoms with Crippen LogP contribution in [0, 0.1) is 15.9 Å².